The number of carbonyl (C=O) groups is 1. The van der Waals surface area contributed by atoms with Crippen LogP contribution in [-0.2, 0) is 26.0 Å². The Kier molecular flexibility index (Phi) is 4.35. The molecule has 3 fully saturated rings. The highest BCUT2D eigenvalue weighted by molar-refractivity contribution is 7.80. The van der Waals surface area contributed by atoms with E-state index in [1.165, 1.54) is 4.90 Å². The second-order valence-electron chi connectivity index (χ2n) is 6.71. The van der Waals surface area contributed by atoms with Gasteiger partial charge in [-0.2, -0.15) is 13.5 Å². The maximum absolute atomic E-state index is 12.4. The molecule has 1 saturated carbocycles. The van der Waals surface area contributed by atoms with E-state index in [1.807, 2.05) is 0 Å². The number of urea groups is 1. The average molecular weight is 389 g/mol. The van der Waals surface area contributed by atoms with Crippen molar-refractivity contribution in [3.8, 4) is 0 Å². The van der Waals surface area contributed by atoms with E-state index in [4.69, 9.17) is 19.4 Å². The number of hydrogen-bond donors (Lipinski definition) is 2. The second kappa shape index (κ2) is 6.42. The van der Waals surface area contributed by atoms with Crippen molar-refractivity contribution < 1.29 is 31.2 Å². The molecule has 0 aromatic carbocycles. The van der Waals surface area contributed by atoms with Crippen LogP contribution in [0.3, 0.4) is 0 Å². The Morgan fingerprint density at radius 1 is 1.31 bits per heavy atom. The lowest BCUT2D eigenvalue weighted by Gasteiger charge is -2.31. The largest absolute Gasteiger partial charge is 0.420 e. The van der Waals surface area contributed by atoms with Gasteiger partial charge >= 0.3 is 16.4 Å². The summed E-state index contributed by atoms with van der Waals surface area (Å²) in [5.41, 5.74) is 5.70. The van der Waals surface area contributed by atoms with Crippen molar-refractivity contribution in [2.24, 2.45) is 5.73 Å². The van der Waals surface area contributed by atoms with Crippen molar-refractivity contribution in [1.82, 2.24) is 20.2 Å². The molecular formula is C13H19N5O7S. The highest BCUT2D eigenvalue weighted by atomic mass is 32.3. The molecule has 2 atom stereocenters. The monoisotopic (exact) mass is 389 g/mol. The Morgan fingerprint density at radius 2 is 2.08 bits per heavy atom. The van der Waals surface area contributed by atoms with Crippen molar-refractivity contribution in [3.63, 3.8) is 0 Å². The van der Waals surface area contributed by atoms with Crippen molar-refractivity contribution in [2.75, 3.05) is 6.54 Å². The molecule has 3 N–H and O–H groups in total. The van der Waals surface area contributed by atoms with Gasteiger partial charge in [0, 0.05) is 12.6 Å². The van der Waals surface area contributed by atoms with E-state index in [0.717, 1.165) is 12.8 Å². The van der Waals surface area contributed by atoms with Gasteiger partial charge < -0.3 is 19.8 Å². The van der Waals surface area contributed by atoms with Crippen molar-refractivity contribution in [1.29, 1.82) is 0 Å². The van der Waals surface area contributed by atoms with E-state index in [0.29, 0.717) is 23.8 Å². The summed E-state index contributed by atoms with van der Waals surface area (Å²) in [7, 11) is -4.77. The van der Waals surface area contributed by atoms with Gasteiger partial charge in [0.25, 0.3) is 0 Å². The van der Waals surface area contributed by atoms with Crippen LogP contribution in [0.1, 0.15) is 43.5 Å². The van der Waals surface area contributed by atoms with Crippen LogP contribution >= 0.6 is 0 Å². The minimum atomic E-state index is -4.77. The molecule has 1 aromatic heterocycles. The maximum atomic E-state index is 12.4. The first kappa shape index (κ1) is 17.6. The number of ether oxygens (including phenoxy) is 1. The van der Waals surface area contributed by atoms with Gasteiger partial charge in [-0.25, -0.2) is 4.79 Å². The molecule has 13 heteroatoms. The number of nitrogens with zero attached hydrogens (tertiary/aromatic N) is 4. The third-order valence-electron chi connectivity index (χ3n) is 4.84. The molecule has 12 nitrogen and oxygen atoms in total. The molecule has 1 aromatic rings. The quantitative estimate of drug-likeness (QED) is 0.621. The van der Waals surface area contributed by atoms with Gasteiger partial charge in [0.15, 0.2) is 0 Å². The zero-order valence-electron chi connectivity index (χ0n) is 13.7. The molecule has 2 aliphatic heterocycles. The zero-order valence-corrected chi connectivity index (χ0v) is 14.5. The standard InChI is InChI=1S/C13H19N5O7S/c14-7-3-9(4-7)23-6-11-15-16-12(24-11)10-2-1-8-5-17(10)13(19)18(8)25-26(20,21)22/h7-10H,1-6,14H2,(H,20,21,22)/t7-,8-,9+,10-/m0/s1. The molecule has 4 rings (SSSR count). The number of amides is 2. The van der Waals surface area contributed by atoms with Crippen LogP contribution < -0.4 is 5.73 Å². The topological polar surface area (TPSA) is 161 Å². The number of hydroxylamine groups is 2. The SMILES string of the molecule is N[C@H]1C[C@@H](OCc2nnc([C@@H]3CC[C@H]4CN3C(=O)N4OS(=O)(=O)O)o2)C1. The molecule has 3 heterocycles. The van der Waals surface area contributed by atoms with Crippen LogP contribution in [0.4, 0.5) is 4.79 Å². The van der Waals surface area contributed by atoms with Gasteiger partial charge in [-0.05, 0) is 25.7 Å². The van der Waals surface area contributed by atoms with Crippen LogP contribution in [0.2, 0.25) is 0 Å². The predicted molar refractivity (Wildman–Crippen MR) is 82.4 cm³/mol. The predicted octanol–water partition coefficient (Wildman–Crippen LogP) is -0.249. The summed E-state index contributed by atoms with van der Waals surface area (Å²) in [5.74, 6) is 0.565. The molecule has 0 unspecified atom stereocenters. The zero-order chi connectivity index (χ0) is 18.5. The Labute approximate surface area is 149 Å². The Hall–Kier alpha value is -1.80. The van der Waals surface area contributed by atoms with Gasteiger partial charge in [-0.1, -0.05) is 0 Å². The fourth-order valence-electron chi connectivity index (χ4n) is 3.48. The normalized spacial score (nSPS) is 31.4. The van der Waals surface area contributed by atoms with Crippen molar-refractivity contribution >= 4 is 16.4 Å². The fourth-order valence-corrected chi connectivity index (χ4v) is 3.87. The lowest BCUT2D eigenvalue weighted by Crippen LogP contribution is -2.41. The van der Waals surface area contributed by atoms with Gasteiger partial charge in [0.2, 0.25) is 11.8 Å². The van der Waals surface area contributed by atoms with E-state index in [2.05, 4.69) is 14.5 Å². The number of rotatable bonds is 6. The number of piperidine rings is 1. The van der Waals surface area contributed by atoms with Crippen LogP contribution in [0.5, 0.6) is 0 Å². The lowest BCUT2D eigenvalue weighted by atomic mass is 9.90. The molecule has 2 saturated heterocycles. The smallest absolute Gasteiger partial charge is 0.418 e. The number of carbonyl (C=O) groups excluding carboxylic acids is 1. The number of aromatic nitrogens is 2. The summed E-state index contributed by atoms with van der Waals surface area (Å²) < 4.78 is 46.2. The first-order valence-electron chi connectivity index (χ1n) is 8.26. The molecule has 144 valence electrons. The third kappa shape index (κ3) is 3.40. The number of hydrogen-bond acceptors (Lipinski definition) is 9. The second-order valence-corrected chi connectivity index (χ2v) is 7.71. The first-order valence-corrected chi connectivity index (χ1v) is 9.63. The fraction of sp³-hybridized carbons (Fsp3) is 0.769. The maximum Gasteiger partial charge on any atom is 0.418 e. The molecular weight excluding hydrogens is 370 g/mol. The Bertz CT molecular complexity index is 793. The van der Waals surface area contributed by atoms with Gasteiger partial charge in [-0.3, -0.25) is 4.55 Å². The van der Waals surface area contributed by atoms with Crippen LogP contribution in [-0.4, -0.2) is 63.9 Å². The summed E-state index contributed by atoms with van der Waals surface area (Å²) in [6, 6.07) is -1.43. The number of fused-ring (bicyclic) bond motifs is 2. The van der Waals surface area contributed by atoms with E-state index in [-0.39, 0.29) is 31.2 Å². The highest BCUT2D eigenvalue weighted by Gasteiger charge is 2.49. The van der Waals surface area contributed by atoms with E-state index < -0.39 is 28.5 Å². The molecule has 0 spiro atoms. The highest BCUT2D eigenvalue weighted by Crippen LogP contribution is 2.38. The van der Waals surface area contributed by atoms with E-state index >= 15 is 0 Å². The first-order chi connectivity index (χ1) is 12.3. The van der Waals surface area contributed by atoms with Gasteiger partial charge in [0.1, 0.15) is 12.6 Å². The Balaban J connectivity index is 1.40. The van der Waals surface area contributed by atoms with Gasteiger partial charge in [0.05, 0.1) is 12.1 Å². The molecule has 26 heavy (non-hydrogen) atoms. The summed E-state index contributed by atoms with van der Waals surface area (Å²) >= 11 is 0. The van der Waals surface area contributed by atoms with E-state index in [9.17, 15) is 13.2 Å². The summed E-state index contributed by atoms with van der Waals surface area (Å²) in [5, 5.41) is 8.60. The van der Waals surface area contributed by atoms with Crippen LogP contribution in [0, 0.1) is 0 Å². The molecule has 0 radical (unpaired) electrons. The van der Waals surface area contributed by atoms with Crippen molar-refractivity contribution in [3.05, 3.63) is 11.8 Å². The molecule has 3 aliphatic rings. The third-order valence-corrected chi connectivity index (χ3v) is 5.19. The number of nitrogens with two attached hydrogens (primary N) is 1. The van der Waals surface area contributed by atoms with Gasteiger partial charge in [-0.15, -0.1) is 14.5 Å². The summed E-state index contributed by atoms with van der Waals surface area (Å²) in [6.07, 6.45) is 2.67. The van der Waals surface area contributed by atoms with Crippen LogP contribution in [0.15, 0.2) is 4.42 Å². The van der Waals surface area contributed by atoms with Crippen LogP contribution in [0.25, 0.3) is 0 Å². The lowest BCUT2D eigenvalue weighted by molar-refractivity contribution is -0.0318. The summed E-state index contributed by atoms with van der Waals surface area (Å²) in [6.45, 7) is 0.416. The van der Waals surface area contributed by atoms with E-state index in [1.54, 1.807) is 0 Å². The minimum absolute atomic E-state index is 0.0992. The Morgan fingerprint density at radius 3 is 2.77 bits per heavy atom. The summed E-state index contributed by atoms with van der Waals surface area (Å²) in [4.78, 5) is 13.8. The van der Waals surface area contributed by atoms with Crippen molar-refractivity contribution in [2.45, 2.75) is 56.5 Å². The minimum Gasteiger partial charge on any atom is -0.420 e. The molecule has 2 amide bonds. The molecule has 1 aliphatic carbocycles. The molecule has 2 bridgehead atoms. The average Bonchev–Trinajstić information content (AvgIpc) is 3.10.